The highest BCUT2D eigenvalue weighted by atomic mass is 16.3. The van der Waals surface area contributed by atoms with Gasteiger partial charge in [0.1, 0.15) is 17.3 Å². The molecular formula is C15H16N4O2. The summed E-state index contributed by atoms with van der Waals surface area (Å²) in [6.07, 6.45) is 8.19. The second kappa shape index (κ2) is 4.65. The van der Waals surface area contributed by atoms with Gasteiger partial charge in [-0.1, -0.05) is 12.5 Å². The second-order valence-corrected chi connectivity index (χ2v) is 5.35. The van der Waals surface area contributed by atoms with E-state index in [9.17, 15) is 10.2 Å². The molecule has 2 heterocycles. The summed E-state index contributed by atoms with van der Waals surface area (Å²) in [6, 6.07) is -0.248. The van der Waals surface area contributed by atoms with Gasteiger partial charge in [-0.15, -0.1) is 6.42 Å². The number of aryl methyl sites for hydroxylation is 1. The van der Waals surface area contributed by atoms with Gasteiger partial charge in [0.2, 0.25) is 0 Å². The zero-order valence-corrected chi connectivity index (χ0v) is 11.7. The van der Waals surface area contributed by atoms with Crippen LogP contribution in [0.2, 0.25) is 0 Å². The third-order valence-electron chi connectivity index (χ3n) is 4.38. The Labute approximate surface area is 122 Å². The molecule has 2 N–H and O–H groups in total. The number of aliphatic hydroxyl groups excluding tert-OH is 2. The molecule has 21 heavy (non-hydrogen) atoms. The Morgan fingerprint density at radius 1 is 1.52 bits per heavy atom. The topological polar surface area (TPSA) is 84.1 Å². The molecule has 6 nitrogen and oxygen atoms in total. The quantitative estimate of drug-likeness (QED) is 0.623. The number of terminal acetylenes is 1. The minimum Gasteiger partial charge on any atom is -0.394 e. The molecule has 1 aliphatic rings. The minimum atomic E-state index is -1.11. The number of hydrogen-bond acceptors (Lipinski definition) is 5. The molecule has 0 amide bonds. The van der Waals surface area contributed by atoms with E-state index >= 15 is 0 Å². The number of rotatable bonds is 2. The maximum absolute atomic E-state index is 10.3. The molecule has 6 heteroatoms. The fraction of sp³-hybridized carbons (Fsp3) is 0.400. The van der Waals surface area contributed by atoms with Gasteiger partial charge in [-0.3, -0.25) is 0 Å². The molecule has 3 atom stereocenters. The van der Waals surface area contributed by atoms with Gasteiger partial charge in [0.15, 0.2) is 5.65 Å². The fourth-order valence-corrected chi connectivity index (χ4v) is 2.99. The van der Waals surface area contributed by atoms with Crippen LogP contribution in [-0.4, -0.2) is 42.4 Å². The van der Waals surface area contributed by atoms with E-state index in [2.05, 4.69) is 27.5 Å². The van der Waals surface area contributed by atoms with Crippen LogP contribution in [0.5, 0.6) is 0 Å². The summed E-state index contributed by atoms with van der Waals surface area (Å²) in [5, 5.41) is 19.9. The summed E-state index contributed by atoms with van der Waals surface area (Å²) in [7, 11) is 0. The highest BCUT2D eigenvalue weighted by Crippen LogP contribution is 2.48. The normalized spacial score (nSPS) is 29.0. The molecule has 108 valence electrons. The van der Waals surface area contributed by atoms with E-state index in [0.29, 0.717) is 23.2 Å². The average molecular weight is 284 g/mol. The molecule has 1 aliphatic carbocycles. The van der Waals surface area contributed by atoms with Crippen molar-refractivity contribution in [2.45, 2.75) is 25.5 Å². The SMILES string of the molecule is C#C[C@]1(CO)C(=C)[C@@H](n2cnc3c(C)ncnc32)C[C@@H]1O. The lowest BCUT2D eigenvalue weighted by Crippen LogP contribution is -2.33. The predicted octanol–water partition coefficient (Wildman–Crippen LogP) is 0.609. The first-order valence-electron chi connectivity index (χ1n) is 6.65. The standard InChI is InChI=1S/C15H16N4O2/c1-4-15(6-20)9(2)11(5-12(15)21)19-8-18-13-10(3)16-7-17-14(13)19/h1,7-8,11-12,20-21H,2,5-6H2,3H3/t11-,12-,15-/m0/s1. The molecule has 0 radical (unpaired) electrons. The summed E-state index contributed by atoms with van der Waals surface area (Å²) < 4.78 is 1.84. The Bertz CT molecular complexity index is 761. The summed E-state index contributed by atoms with van der Waals surface area (Å²) >= 11 is 0. The van der Waals surface area contributed by atoms with Gasteiger partial charge in [0.05, 0.1) is 30.8 Å². The Kier molecular flexibility index (Phi) is 3.04. The Hall–Kier alpha value is -2.23. The van der Waals surface area contributed by atoms with Crippen molar-refractivity contribution < 1.29 is 10.2 Å². The third-order valence-corrected chi connectivity index (χ3v) is 4.38. The second-order valence-electron chi connectivity index (χ2n) is 5.35. The Balaban J connectivity index is 2.11. The van der Waals surface area contributed by atoms with Crippen molar-refractivity contribution in [1.82, 2.24) is 19.5 Å². The number of aromatic nitrogens is 4. The van der Waals surface area contributed by atoms with Gasteiger partial charge in [-0.2, -0.15) is 0 Å². The smallest absolute Gasteiger partial charge is 0.164 e. The zero-order valence-electron chi connectivity index (χ0n) is 11.7. The van der Waals surface area contributed by atoms with Crippen LogP contribution in [0.1, 0.15) is 18.2 Å². The van der Waals surface area contributed by atoms with Crippen molar-refractivity contribution in [1.29, 1.82) is 0 Å². The first-order chi connectivity index (χ1) is 10.0. The van der Waals surface area contributed by atoms with E-state index in [1.54, 1.807) is 6.33 Å². The molecule has 0 saturated heterocycles. The number of hydrogen-bond donors (Lipinski definition) is 2. The van der Waals surface area contributed by atoms with Crippen LogP contribution >= 0.6 is 0 Å². The average Bonchev–Trinajstić information content (AvgIpc) is 3.00. The van der Waals surface area contributed by atoms with E-state index in [0.717, 1.165) is 5.69 Å². The van der Waals surface area contributed by atoms with Gasteiger partial charge in [-0.25, -0.2) is 15.0 Å². The Morgan fingerprint density at radius 3 is 2.90 bits per heavy atom. The summed E-state index contributed by atoms with van der Waals surface area (Å²) in [5.74, 6) is 2.51. The van der Waals surface area contributed by atoms with E-state index in [1.165, 1.54) is 6.33 Å². The van der Waals surface area contributed by atoms with Gasteiger partial charge in [0, 0.05) is 0 Å². The fourth-order valence-electron chi connectivity index (χ4n) is 2.99. The van der Waals surface area contributed by atoms with E-state index in [-0.39, 0.29) is 12.6 Å². The number of imidazole rings is 1. The van der Waals surface area contributed by atoms with Gasteiger partial charge in [-0.05, 0) is 18.9 Å². The van der Waals surface area contributed by atoms with Crippen LogP contribution in [0.4, 0.5) is 0 Å². The van der Waals surface area contributed by atoms with E-state index < -0.39 is 11.5 Å². The molecule has 2 aromatic heterocycles. The van der Waals surface area contributed by atoms with Crippen LogP contribution in [0.3, 0.4) is 0 Å². The number of aliphatic hydroxyl groups is 2. The van der Waals surface area contributed by atoms with Crippen LogP contribution in [0.15, 0.2) is 24.8 Å². The molecule has 0 spiro atoms. The maximum Gasteiger partial charge on any atom is 0.164 e. The van der Waals surface area contributed by atoms with Crippen molar-refractivity contribution in [3.8, 4) is 12.3 Å². The first-order valence-corrected chi connectivity index (χ1v) is 6.65. The van der Waals surface area contributed by atoms with Crippen molar-refractivity contribution in [2.75, 3.05) is 6.61 Å². The lowest BCUT2D eigenvalue weighted by atomic mass is 9.82. The van der Waals surface area contributed by atoms with Gasteiger partial charge < -0.3 is 14.8 Å². The molecule has 3 rings (SSSR count). The first kappa shape index (κ1) is 13.7. The Morgan fingerprint density at radius 2 is 2.29 bits per heavy atom. The van der Waals surface area contributed by atoms with Gasteiger partial charge in [0.25, 0.3) is 0 Å². The number of nitrogens with zero attached hydrogens (tertiary/aromatic N) is 4. The molecule has 0 aliphatic heterocycles. The largest absolute Gasteiger partial charge is 0.394 e. The molecule has 1 saturated carbocycles. The zero-order chi connectivity index (χ0) is 15.2. The predicted molar refractivity (Wildman–Crippen MR) is 77.2 cm³/mol. The molecular weight excluding hydrogens is 268 g/mol. The molecule has 0 bridgehead atoms. The third kappa shape index (κ3) is 1.71. The highest BCUT2D eigenvalue weighted by Gasteiger charge is 2.49. The lowest BCUT2D eigenvalue weighted by Gasteiger charge is -2.26. The molecule has 0 aromatic carbocycles. The maximum atomic E-state index is 10.3. The molecule has 0 unspecified atom stereocenters. The van der Waals surface area contributed by atoms with Gasteiger partial charge >= 0.3 is 0 Å². The van der Waals surface area contributed by atoms with Crippen molar-refractivity contribution >= 4 is 11.2 Å². The van der Waals surface area contributed by atoms with Crippen LogP contribution < -0.4 is 0 Å². The van der Waals surface area contributed by atoms with E-state index in [4.69, 9.17) is 6.42 Å². The monoisotopic (exact) mass is 284 g/mol. The number of fused-ring (bicyclic) bond motifs is 1. The molecule has 1 fully saturated rings. The lowest BCUT2D eigenvalue weighted by molar-refractivity contribution is 0.0636. The summed E-state index contributed by atoms with van der Waals surface area (Å²) in [6.45, 7) is 5.54. The van der Waals surface area contributed by atoms with Crippen molar-refractivity contribution in [2.24, 2.45) is 5.41 Å². The molecule has 2 aromatic rings. The van der Waals surface area contributed by atoms with Crippen molar-refractivity contribution in [3.05, 3.63) is 30.5 Å². The van der Waals surface area contributed by atoms with Crippen LogP contribution in [0.25, 0.3) is 11.2 Å². The van der Waals surface area contributed by atoms with Crippen molar-refractivity contribution in [3.63, 3.8) is 0 Å². The summed E-state index contributed by atoms with van der Waals surface area (Å²) in [5.41, 5.74) is 1.67. The highest BCUT2D eigenvalue weighted by molar-refractivity contribution is 5.73. The summed E-state index contributed by atoms with van der Waals surface area (Å²) in [4.78, 5) is 12.7. The van der Waals surface area contributed by atoms with E-state index in [1.807, 2.05) is 11.5 Å². The minimum absolute atomic E-state index is 0.248. The van der Waals surface area contributed by atoms with Crippen LogP contribution in [-0.2, 0) is 0 Å². The van der Waals surface area contributed by atoms with Crippen LogP contribution in [0, 0.1) is 24.7 Å².